The summed E-state index contributed by atoms with van der Waals surface area (Å²) in [6.07, 6.45) is 3.19. The lowest BCUT2D eigenvalue weighted by Gasteiger charge is -2.27. The zero-order valence-corrected chi connectivity index (χ0v) is 17.2. The molecule has 0 aliphatic heterocycles. The second-order valence-corrected chi connectivity index (χ2v) is 9.34. The lowest BCUT2D eigenvalue weighted by molar-refractivity contribution is -0.121. The number of hydrogen-bond acceptors (Lipinski definition) is 6. The van der Waals surface area contributed by atoms with Gasteiger partial charge in [-0.1, -0.05) is 65.6 Å². The molecule has 0 radical (unpaired) electrons. The van der Waals surface area contributed by atoms with Gasteiger partial charge in [-0.25, -0.2) is 0 Å². The molecule has 3 aromatic rings. The van der Waals surface area contributed by atoms with Crippen LogP contribution in [0.25, 0.3) is 0 Å². The number of rotatable bonds is 6. The summed E-state index contributed by atoms with van der Waals surface area (Å²) < 4.78 is 0.783. The summed E-state index contributed by atoms with van der Waals surface area (Å²) in [4.78, 5) is 12.7. The molecule has 0 fully saturated rings. The smallest absolute Gasteiger partial charge is 0.233 e. The Morgan fingerprint density at radius 2 is 1.93 bits per heavy atom. The molecule has 0 spiro atoms. The monoisotopic (exact) mass is 410 g/mol. The first-order chi connectivity index (χ1) is 13.7. The predicted octanol–water partition coefficient (Wildman–Crippen LogP) is 4.96. The number of nitrogens with one attached hydrogen (secondary N) is 2. The maximum atomic E-state index is 12.7. The number of carbonyl (C=O) groups excluding carboxylic acids is 1. The van der Waals surface area contributed by atoms with E-state index in [1.807, 2.05) is 43.3 Å². The van der Waals surface area contributed by atoms with Gasteiger partial charge >= 0.3 is 0 Å². The van der Waals surface area contributed by atoms with Gasteiger partial charge in [0, 0.05) is 5.69 Å². The topological polar surface area (TPSA) is 66.9 Å². The van der Waals surface area contributed by atoms with Crippen LogP contribution in [0.4, 0.5) is 10.8 Å². The second kappa shape index (κ2) is 8.75. The molecule has 1 aromatic heterocycles. The molecular weight excluding hydrogens is 388 g/mol. The fourth-order valence-corrected chi connectivity index (χ4v) is 5.28. The van der Waals surface area contributed by atoms with E-state index in [4.69, 9.17) is 0 Å². The van der Waals surface area contributed by atoms with Crippen molar-refractivity contribution in [3.05, 3.63) is 65.7 Å². The standard InChI is InChI=1S/C21H22N4OS2/c1-14(19(26)23-18-13-7-9-15-8-5-6-12-17(15)18)27-21-25-24-20(28-21)22-16-10-3-2-4-11-16/h2-6,8,10-12,14,18H,7,9,13H2,1H3,(H,22,24)(H,23,26)/t14-,18+/m1/s1. The number of anilines is 2. The van der Waals surface area contributed by atoms with Gasteiger partial charge < -0.3 is 10.6 Å². The van der Waals surface area contributed by atoms with Crippen LogP contribution in [-0.4, -0.2) is 21.4 Å². The van der Waals surface area contributed by atoms with E-state index in [2.05, 4.69) is 39.0 Å². The van der Waals surface area contributed by atoms with Crippen LogP contribution < -0.4 is 10.6 Å². The van der Waals surface area contributed by atoms with E-state index in [1.165, 1.54) is 34.2 Å². The highest BCUT2D eigenvalue weighted by Gasteiger charge is 2.24. The number of para-hydroxylation sites is 1. The molecule has 28 heavy (non-hydrogen) atoms. The summed E-state index contributed by atoms with van der Waals surface area (Å²) in [6, 6.07) is 18.4. The molecular formula is C21H22N4OS2. The zero-order valence-electron chi connectivity index (χ0n) is 15.6. The number of aryl methyl sites for hydroxylation is 1. The Morgan fingerprint density at radius 3 is 2.79 bits per heavy atom. The quantitative estimate of drug-likeness (QED) is 0.563. The molecule has 7 heteroatoms. The van der Waals surface area contributed by atoms with Gasteiger partial charge in [-0.15, -0.1) is 10.2 Å². The summed E-state index contributed by atoms with van der Waals surface area (Å²) in [5.41, 5.74) is 3.57. The van der Waals surface area contributed by atoms with Gasteiger partial charge in [-0.3, -0.25) is 4.79 Å². The molecule has 0 bridgehead atoms. The van der Waals surface area contributed by atoms with Gasteiger partial charge in [-0.2, -0.15) is 0 Å². The second-order valence-electron chi connectivity index (χ2n) is 6.78. The molecule has 1 aliphatic rings. The van der Waals surface area contributed by atoms with Crippen molar-refractivity contribution in [1.82, 2.24) is 15.5 Å². The summed E-state index contributed by atoms with van der Waals surface area (Å²) in [7, 11) is 0. The molecule has 2 N–H and O–H groups in total. The number of benzene rings is 2. The molecule has 144 valence electrons. The molecule has 1 amide bonds. The summed E-state index contributed by atoms with van der Waals surface area (Å²) in [5, 5.41) is 15.3. The van der Waals surface area contributed by atoms with E-state index in [0.29, 0.717) is 0 Å². The molecule has 0 saturated heterocycles. The molecule has 0 unspecified atom stereocenters. The fourth-order valence-electron chi connectivity index (χ4n) is 3.35. The molecule has 2 atom stereocenters. The van der Waals surface area contributed by atoms with Crippen molar-refractivity contribution in [2.75, 3.05) is 5.32 Å². The van der Waals surface area contributed by atoms with Crippen molar-refractivity contribution in [1.29, 1.82) is 0 Å². The Balaban J connectivity index is 1.35. The Morgan fingerprint density at radius 1 is 1.14 bits per heavy atom. The SMILES string of the molecule is C[C@@H](Sc1nnc(Nc2ccccc2)s1)C(=O)N[C@H]1CCCc2ccccc21. The minimum atomic E-state index is -0.230. The van der Waals surface area contributed by atoms with Crippen molar-refractivity contribution in [2.24, 2.45) is 0 Å². The third-order valence-corrected chi connectivity index (χ3v) is 6.79. The van der Waals surface area contributed by atoms with Crippen LogP contribution in [0.2, 0.25) is 0 Å². The van der Waals surface area contributed by atoms with E-state index in [-0.39, 0.29) is 17.2 Å². The average molecular weight is 411 g/mol. The van der Waals surface area contributed by atoms with Crippen LogP contribution in [0.3, 0.4) is 0 Å². The lowest BCUT2D eigenvalue weighted by atomic mass is 9.88. The highest BCUT2D eigenvalue weighted by molar-refractivity contribution is 8.02. The maximum absolute atomic E-state index is 12.7. The number of hydrogen-bond donors (Lipinski definition) is 2. The van der Waals surface area contributed by atoms with Gasteiger partial charge in [0.2, 0.25) is 11.0 Å². The number of nitrogens with zero attached hydrogens (tertiary/aromatic N) is 2. The maximum Gasteiger partial charge on any atom is 0.233 e. The van der Waals surface area contributed by atoms with Crippen molar-refractivity contribution in [2.45, 2.75) is 41.8 Å². The summed E-state index contributed by atoms with van der Waals surface area (Å²) in [5.74, 6) is 0.0412. The van der Waals surface area contributed by atoms with Gasteiger partial charge in [-0.05, 0) is 49.4 Å². The molecule has 1 aliphatic carbocycles. The van der Waals surface area contributed by atoms with E-state index in [0.717, 1.165) is 34.4 Å². The number of fused-ring (bicyclic) bond motifs is 1. The molecule has 5 nitrogen and oxygen atoms in total. The van der Waals surface area contributed by atoms with Crippen LogP contribution in [0.15, 0.2) is 58.9 Å². The van der Waals surface area contributed by atoms with Crippen LogP contribution in [-0.2, 0) is 11.2 Å². The highest BCUT2D eigenvalue weighted by atomic mass is 32.2. The normalized spacial score (nSPS) is 16.8. The van der Waals surface area contributed by atoms with Crippen molar-refractivity contribution >= 4 is 39.8 Å². The van der Waals surface area contributed by atoms with E-state index in [9.17, 15) is 4.79 Å². The zero-order chi connectivity index (χ0) is 19.3. The predicted molar refractivity (Wildman–Crippen MR) is 115 cm³/mol. The van der Waals surface area contributed by atoms with Gasteiger partial charge in [0.05, 0.1) is 11.3 Å². The van der Waals surface area contributed by atoms with Gasteiger partial charge in [0.15, 0.2) is 4.34 Å². The number of carbonyl (C=O) groups is 1. The molecule has 2 aromatic carbocycles. The number of amides is 1. The number of thioether (sulfide) groups is 1. The van der Waals surface area contributed by atoms with E-state index < -0.39 is 0 Å². The van der Waals surface area contributed by atoms with Crippen LogP contribution in [0, 0.1) is 0 Å². The molecule has 1 heterocycles. The van der Waals surface area contributed by atoms with E-state index >= 15 is 0 Å². The van der Waals surface area contributed by atoms with Crippen LogP contribution in [0.1, 0.15) is 36.9 Å². The first-order valence-electron chi connectivity index (χ1n) is 9.39. The fraction of sp³-hybridized carbons (Fsp3) is 0.286. The first-order valence-corrected chi connectivity index (χ1v) is 11.1. The summed E-state index contributed by atoms with van der Waals surface area (Å²) >= 11 is 2.90. The van der Waals surface area contributed by atoms with Crippen LogP contribution >= 0.6 is 23.1 Å². The van der Waals surface area contributed by atoms with Gasteiger partial charge in [0.1, 0.15) is 0 Å². The largest absolute Gasteiger partial charge is 0.348 e. The van der Waals surface area contributed by atoms with Gasteiger partial charge in [0.25, 0.3) is 0 Å². The van der Waals surface area contributed by atoms with Crippen molar-refractivity contribution in [3.63, 3.8) is 0 Å². The van der Waals surface area contributed by atoms with E-state index in [1.54, 1.807) is 0 Å². The lowest BCUT2D eigenvalue weighted by Crippen LogP contribution is -2.35. The number of aromatic nitrogens is 2. The first kappa shape index (κ1) is 19.0. The van der Waals surface area contributed by atoms with Crippen LogP contribution in [0.5, 0.6) is 0 Å². The minimum absolute atomic E-state index is 0.0412. The Labute approximate surface area is 173 Å². The average Bonchev–Trinajstić information content (AvgIpc) is 3.15. The van der Waals surface area contributed by atoms with Crippen molar-refractivity contribution in [3.8, 4) is 0 Å². The minimum Gasteiger partial charge on any atom is -0.348 e. The third kappa shape index (κ3) is 4.54. The Kier molecular flexibility index (Phi) is 5.92. The highest BCUT2D eigenvalue weighted by Crippen LogP contribution is 2.32. The summed E-state index contributed by atoms with van der Waals surface area (Å²) in [6.45, 7) is 1.92. The molecule has 0 saturated carbocycles. The molecule has 4 rings (SSSR count). The third-order valence-electron chi connectivity index (χ3n) is 4.76. The Bertz CT molecular complexity index is 944. The van der Waals surface area contributed by atoms with Crippen molar-refractivity contribution < 1.29 is 4.79 Å². The Hall–Kier alpha value is -2.38.